The van der Waals surface area contributed by atoms with E-state index in [1.54, 1.807) is 0 Å². The van der Waals surface area contributed by atoms with Gasteiger partial charge in [0.25, 0.3) is 0 Å². The van der Waals surface area contributed by atoms with E-state index < -0.39 is 0 Å². The van der Waals surface area contributed by atoms with Gasteiger partial charge in [-0.3, -0.25) is 4.68 Å². The van der Waals surface area contributed by atoms with Gasteiger partial charge in [-0.2, -0.15) is 5.10 Å². The van der Waals surface area contributed by atoms with Gasteiger partial charge in [-0.25, -0.2) is 0 Å². The minimum Gasteiger partial charge on any atom is -0.466 e. The Morgan fingerprint density at radius 1 is 1.35 bits per heavy atom. The van der Waals surface area contributed by atoms with Crippen LogP contribution in [0.3, 0.4) is 0 Å². The zero-order valence-corrected chi connectivity index (χ0v) is 13.3. The lowest BCUT2D eigenvalue weighted by Crippen LogP contribution is -2.22. The van der Waals surface area contributed by atoms with Crippen molar-refractivity contribution in [3.63, 3.8) is 0 Å². The third-order valence-electron chi connectivity index (χ3n) is 3.48. The van der Waals surface area contributed by atoms with Crippen LogP contribution in [0.4, 0.5) is 0 Å². The molecular formula is C16H25N3O. The molecule has 0 radical (unpaired) electrons. The molecule has 0 aliphatic rings. The number of aryl methyl sites for hydroxylation is 2. The summed E-state index contributed by atoms with van der Waals surface area (Å²) in [4.78, 5) is 0. The van der Waals surface area contributed by atoms with E-state index in [9.17, 15) is 0 Å². The van der Waals surface area contributed by atoms with Gasteiger partial charge in [0, 0.05) is 29.9 Å². The topological polar surface area (TPSA) is 43.0 Å². The molecule has 0 bridgehead atoms. The lowest BCUT2D eigenvalue weighted by atomic mass is 10.1. The van der Waals surface area contributed by atoms with E-state index in [1.165, 1.54) is 11.1 Å². The Hall–Kier alpha value is -1.55. The molecule has 0 fully saturated rings. The maximum atomic E-state index is 5.58. The molecule has 20 heavy (non-hydrogen) atoms. The number of nitrogens with zero attached hydrogens (tertiary/aromatic N) is 2. The Balaban J connectivity index is 1.98. The van der Waals surface area contributed by atoms with Crippen LogP contribution in [0.1, 0.15) is 56.4 Å². The minimum absolute atomic E-state index is 0.0299. The zero-order chi connectivity index (χ0) is 14.9. The second kappa shape index (κ2) is 5.44. The quantitative estimate of drug-likeness (QED) is 0.925. The Kier molecular flexibility index (Phi) is 4.04. The SMILES string of the molecule is Cc1cc(C(C)NCc2cnn(C(C)(C)C)c2)c(C)o1. The molecule has 0 aliphatic heterocycles. The van der Waals surface area contributed by atoms with Crippen molar-refractivity contribution in [2.75, 3.05) is 0 Å². The molecule has 0 saturated carbocycles. The second-order valence-corrected chi connectivity index (χ2v) is 6.44. The molecule has 2 heterocycles. The Morgan fingerprint density at radius 2 is 2.05 bits per heavy atom. The summed E-state index contributed by atoms with van der Waals surface area (Å²) in [5.41, 5.74) is 2.46. The van der Waals surface area contributed by atoms with Gasteiger partial charge in [0.05, 0.1) is 11.7 Å². The van der Waals surface area contributed by atoms with Crippen molar-refractivity contribution in [3.8, 4) is 0 Å². The van der Waals surface area contributed by atoms with Crippen molar-refractivity contribution >= 4 is 0 Å². The first-order valence-electron chi connectivity index (χ1n) is 7.11. The summed E-state index contributed by atoms with van der Waals surface area (Å²) in [6, 6.07) is 2.37. The van der Waals surface area contributed by atoms with Crippen molar-refractivity contribution in [1.29, 1.82) is 0 Å². The summed E-state index contributed by atoms with van der Waals surface area (Å²) >= 11 is 0. The van der Waals surface area contributed by atoms with E-state index in [4.69, 9.17) is 4.42 Å². The summed E-state index contributed by atoms with van der Waals surface area (Å²) in [7, 11) is 0. The molecule has 0 aromatic carbocycles. The Morgan fingerprint density at radius 3 is 2.55 bits per heavy atom. The average Bonchev–Trinajstić information content (AvgIpc) is 2.92. The zero-order valence-electron chi connectivity index (χ0n) is 13.3. The number of furan rings is 1. The molecule has 0 aliphatic carbocycles. The van der Waals surface area contributed by atoms with Crippen molar-refractivity contribution < 1.29 is 4.42 Å². The summed E-state index contributed by atoms with van der Waals surface area (Å²) < 4.78 is 7.58. The van der Waals surface area contributed by atoms with Crippen LogP contribution in [0, 0.1) is 13.8 Å². The average molecular weight is 275 g/mol. The minimum atomic E-state index is 0.0299. The summed E-state index contributed by atoms with van der Waals surface area (Å²) in [6.45, 7) is 13.4. The molecule has 2 aromatic heterocycles. The highest BCUT2D eigenvalue weighted by Crippen LogP contribution is 2.21. The number of aromatic nitrogens is 2. The van der Waals surface area contributed by atoms with Gasteiger partial charge in [-0.15, -0.1) is 0 Å². The van der Waals surface area contributed by atoms with Crippen molar-refractivity contribution in [3.05, 3.63) is 41.1 Å². The third-order valence-corrected chi connectivity index (χ3v) is 3.48. The lowest BCUT2D eigenvalue weighted by molar-refractivity contribution is 0.355. The van der Waals surface area contributed by atoms with E-state index in [0.29, 0.717) is 0 Å². The fourth-order valence-electron chi connectivity index (χ4n) is 2.28. The maximum absolute atomic E-state index is 5.58. The molecule has 0 spiro atoms. The number of nitrogens with one attached hydrogen (secondary N) is 1. The number of hydrogen-bond donors (Lipinski definition) is 1. The van der Waals surface area contributed by atoms with E-state index in [0.717, 1.165) is 18.1 Å². The van der Waals surface area contributed by atoms with Gasteiger partial charge in [0.1, 0.15) is 11.5 Å². The summed E-state index contributed by atoms with van der Waals surface area (Å²) in [6.07, 6.45) is 4.03. The van der Waals surface area contributed by atoms with Crippen LogP contribution in [0.2, 0.25) is 0 Å². The number of rotatable bonds is 4. The largest absolute Gasteiger partial charge is 0.466 e. The predicted octanol–water partition coefficient (Wildman–Crippen LogP) is 3.70. The highest BCUT2D eigenvalue weighted by molar-refractivity contribution is 5.23. The fraction of sp³-hybridized carbons (Fsp3) is 0.562. The van der Waals surface area contributed by atoms with E-state index in [-0.39, 0.29) is 11.6 Å². The van der Waals surface area contributed by atoms with Crippen molar-refractivity contribution in [2.45, 2.75) is 59.7 Å². The predicted molar refractivity (Wildman–Crippen MR) is 80.7 cm³/mol. The van der Waals surface area contributed by atoms with Crippen LogP contribution >= 0.6 is 0 Å². The Labute approximate surface area is 121 Å². The first kappa shape index (κ1) is 14.9. The van der Waals surface area contributed by atoms with Crippen LogP contribution in [0.5, 0.6) is 0 Å². The van der Waals surface area contributed by atoms with Crippen LogP contribution in [0.25, 0.3) is 0 Å². The molecule has 4 nitrogen and oxygen atoms in total. The van der Waals surface area contributed by atoms with Crippen LogP contribution in [0.15, 0.2) is 22.9 Å². The molecule has 0 amide bonds. The van der Waals surface area contributed by atoms with Crippen molar-refractivity contribution in [1.82, 2.24) is 15.1 Å². The van der Waals surface area contributed by atoms with Gasteiger partial charge in [-0.1, -0.05) is 0 Å². The molecule has 2 aromatic rings. The fourth-order valence-corrected chi connectivity index (χ4v) is 2.28. The van der Waals surface area contributed by atoms with E-state index in [2.05, 4.69) is 50.4 Å². The first-order chi connectivity index (χ1) is 9.27. The van der Waals surface area contributed by atoms with E-state index >= 15 is 0 Å². The molecule has 4 heteroatoms. The van der Waals surface area contributed by atoms with Crippen LogP contribution < -0.4 is 5.32 Å². The van der Waals surface area contributed by atoms with Gasteiger partial charge < -0.3 is 9.73 Å². The second-order valence-electron chi connectivity index (χ2n) is 6.44. The lowest BCUT2D eigenvalue weighted by Gasteiger charge is -2.18. The standard InChI is InChI=1S/C16H25N3O/c1-11-7-15(13(3)20-11)12(2)17-8-14-9-18-19(10-14)16(4,5)6/h7,9-10,12,17H,8H2,1-6H3. The van der Waals surface area contributed by atoms with E-state index in [1.807, 2.05) is 24.7 Å². The van der Waals surface area contributed by atoms with Gasteiger partial charge in [0.2, 0.25) is 0 Å². The molecule has 2 rings (SSSR count). The highest BCUT2D eigenvalue weighted by Gasteiger charge is 2.15. The highest BCUT2D eigenvalue weighted by atomic mass is 16.3. The molecule has 1 unspecified atom stereocenters. The smallest absolute Gasteiger partial charge is 0.105 e. The molecular weight excluding hydrogens is 250 g/mol. The van der Waals surface area contributed by atoms with Gasteiger partial charge >= 0.3 is 0 Å². The third kappa shape index (κ3) is 3.31. The maximum Gasteiger partial charge on any atom is 0.105 e. The normalized spacial score (nSPS) is 13.7. The molecule has 0 saturated heterocycles. The van der Waals surface area contributed by atoms with Gasteiger partial charge in [-0.05, 0) is 47.6 Å². The monoisotopic (exact) mass is 275 g/mol. The van der Waals surface area contributed by atoms with Crippen LogP contribution in [-0.4, -0.2) is 9.78 Å². The molecule has 1 atom stereocenters. The van der Waals surface area contributed by atoms with Crippen LogP contribution in [-0.2, 0) is 12.1 Å². The molecule has 110 valence electrons. The molecule has 1 N–H and O–H groups in total. The number of hydrogen-bond acceptors (Lipinski definition) is 3. The van der Waals surface area contributed by atoms with Crippen molar-refractivity contribution in [2.24, 2.45) is 0 Å². The van der Waals surface area contributed by atoms with Gasteiger partial charge in [0.15, 0.2) is 0 Å². The summed E-state index contributed by atoms with van der Waals surface area (Å²) in [5, 5.41) is 7.94. The Bertz CT molecular complexity index is 575. The summed E-state index contributed by atoms with van der Waals surface area (Å²) in [5.74, 6) is 1.96. The first-order valence-corrected chi connectivity index (χ1v) is 7.11.